The highest BCUT2D eigenvalue weighted by atomic mass is 32.2. The summed E-state index contributed by atoms with van der Waals surface area (Å²) >= 11 is 0. The molecule has 118 valence electrons. The third kappa shape index (κ3) is 3.89. The molecule has 1 aliphatic heterocycles. The van der Waals surface area contributed by atoms with Gasteiger partial charge < -0.3 is 15.4 Å². The Hall–Kier alpha value is -1.27. The summed E-state index contributed by atoms with van der Waals surface area (Å²) in [6.45, 7) is 1.05. The second-order valence-corrected chi connectivity index (χ2v) is 7.73. The van der Waals surface area contributed by atoms with Gasteiger partial charge in [0.05, 0.1) is 12.9 Å². The minimum atomic E-state index is -3.35. The highest BCUT2D eigenvalue weighted by Crippen LogP contribution is 2.28. The number of likely N-dealkylation sites (tertiary alicyclic amines) is 1. The largest absolute Gasteiger partial charge is 0.495 e. The number of piperidine rings is 1. The van der Waals surface area contributed by atoms with E-state index in [-0.39, 0.29) is 10.6 Å². The number of hydrogen-bond acceptors (Lipinski definition) is 5. The molecule has 5 nitrogen and oxygen atoms in total. The van der Waals surface area contributed by atoms with E-state index < -0.39 is 9.84 Å². The summed E-state index contributed by atoms with van der Waals surface area (Å²) in [7, 11) is 0.181. The summed E-state index contributed by atoms with van der Waals surface area (Å²) in [6, 6.07) is 5.05. The standard InChI is InChI=1S/C15H24N2O3S/c1-17-9-4-3-5-13(17)8-10-21(18,19)15-7-6-12(16)11-14(15)20-2/h6-7,11,13H,3-5,8-10,16H2,1-2H3. The van der Waals surface area contributed by atoms with Gasteiger partial charge in [0, 0.05) is 17.8 Å². The van der Waals surface area contributed by atoms with Gasteiger partial charge >= 0.3 is 0 Å². The van der Waals surface area contributed by atoms with E-state index in [4.69, 9.17) is 10.5 Å². The van der Waals surface area contributed by atoms with E-state index in [2.05, 4.69) is 11.9 Å². The molecule has 0 saturated carbocycles. The molecule has 0 spiro atoms. The number of methoxy groups -OCH3 is 1. The molecule has 0 aliphatic carbocycles. The zero-order chi connectivity index (χ0) is 15.5. The number of ether oxygens (including phenoxy) is 1. The van der Waals surface area contributed by atoms with Gasteiger partial charge in [-0.05, 0) is 45.0 Å². The van der Waals surface area contributed by atoms with E-state index in [0.717, 1.165) is 13.0 Å². The Labute approximate surface area is 127 Å². The summed E-state index contributed by atoms with van der Waals surface area (Å²) in [5.41, 5.74) is 6.17. The number of rotatable bonds is 5. The van der Waals surface area contributed by atoms with Gasteiger partial charge in [0.15, 0.2) is 9.84 Å². The van der Waals surface area contributed by atoms with E-state index in [0.29, 0.717) is 23.9 Å². The molecule has 6 heteroatoms. The first-order chi connectivity index (χ1) is 9.94. The molecule has 1 aromatic carbocycles. The minimum Gasteiger partial charge on any atom is -0.495 e. The van der Waals surface area contributed by atoms with Crippen molar-refractivity contribution in [2.24, 2.45) is 0 Å². The van der Waals surface area contributed by atoms with Crippen LogP contribution < -0.4 is 10.5 Å². The summed E-state index contributed by atoms with van der Waals surface area (Å²) in [6.07, 6.45) is 4.11. The molecule has 21 heavy (non-hydrogen) atoms. The van der Waals surface area contributed by atoms with Crippen molar-refractivity contribution >= 4 is 15.5 Å². The van der Waals surface area contributed by atoms with Crippen LogP contribution in [0.3, 0.4) is 0 Å². The fourth-order valence-electron chi connectivity index (χ4n) is 2.85. The smallest absolute Gasteiger partial charge is 0.182 e. The van der Waals surface area contributed by atoms with Crippen molar-refractivity contribution in [2.75, 3.05) is 32.2 Å². The van der Waals surface area contributed by atoms with Crippen LogP contribution in [0.5, 0.6) is 5.75 Å². The van der Waals surface area contributed by atoms with Gasteiger partial charge in [-0.15, -0.1) is 0 Å². The number of nitrogens with two attached hydrogens (primary N) is 1. The average molecular weight is 312 g/mol. The van der Waals surface area contributed by atoms with Gasteiger partial charge in [-0.1, -0.05) is 6.42 Å². The second-order valence-electron chi connectivity index (χ2n) is 5.65. The van der Waals surface area contributed by atoms with Crippen LogP contribution in [0.1, 0.15) is 25.7 Å². The molecule has 0 radical (unpaired) electrons. The SMILES string of the molecule is COc1cc(N)ccc1S(=O)(=O)CCC1CCCCN1C. The Kier molecular flexibility index (Phi) is 5.11. The number of sulfone groups is 1. The third-order valence-corrected chi connectivity index (χ3v) is 5.94. The molecule has 1 fully saturated rings. The Balaban J connectivity index is 2.11. The summed E-state index contributed by atoms with van der Waals surface area (Å²) < 4.78 is 30.2. The van der Waals surface area contributed by atoms with Crippen molar-refractivity contribution in [3.05, 3.63) is 18.2 Å². The van der Waals surface area contributed by atoms with Gasteiger partial charge in [-0.3, -0.25) is 0 Å². The van der Waals surface area contributed by atoms with Crippen LogP contribution in [0.15, 0.2) is 23.1 Å². The Bertz CT molecular complexity index is 587. The fourth-order valence-corrected chi connectivity index (χ4v) is 4.38. The first kappa shape index (κ1) is 16.1. The molecule has 1 atom stereocenters. The van der Waals surface area contributed by atoms with Crippen LogP contribution in [0.25, 0.3) is 0 Å². The van der Waals surface area contributed by atoms with E-state index in [1.807, 2.05) is 0 Å². The van der Waals surface area contributed by atoms with E-state index in [1.165, 1.54) is 26.0 Å². The van der Waals surface area contributed by atoms with Crippen LogP contribution >= 0.6 is 0 Å². The zero-order valence-corrected chi connectivity index (χ0v) is 13.5. The maximum atomic E-state index is 12.5. The Morgan fingerprint density at radius 2 is 2.14 bits per heavy atom. The van der Waals surface area contributed by atoms with Gasteiger partial charge in [0.25, 0.3) is 0 Å². The number of anilines is 1. The van der Waals surface area contributed by atoms with Crippen LogP contribution in [0.4, 0.5) is 5.69 Å². The third-order valence-electron chi connectivity index (χ3n) is 4.16. The maximum absolute atomic E-state index is 12.5. The number of nitrogens with zero attached hydrogens (tertiary/aromatic N) is 1. The second kappa shape index (κ2) is 6.66. The molecule has 2 rings (SSSR count). The lowest BCUT2D eigenvalue weighted by molar-refractivity contribution is 0.181. The number of nitrogen functional groups attached to an aromatic ring is 1. The van der Waals surface area contributed by atoms with Crippen LogP contribution in [-0.4, -0.2) is 45.8 Å². The lowest BCUT2D eigenvalue weighted by Gasteiger charge is -2.32. The average Bonchev–Trinajstić information content (AvgIpc) is 2.46. The molecule has 1 aliphatic rings. The van der Waals surface area contributed by atoms with Crippen LogP contribution in [0.2, 0.25) is 0 Å². The van der Waals surface area contributed by atoms with Crippen molar-refractivity contribution in [1.29, 1.82) is 0 Å². The van der Waals surface area contributed by atoms with Crippen LogP contribution in [-0.2, 0) is 9.84 Å². The van der Waals surface area contributed by atoms with E-state index in [9.17, 15) is 8.42 Å². The normalized spacial score (nSPS) is 20.4. The molecule has 0 bridgehead atoms. The lowest BCUT2D eigenvalue weighted by atomic mass is 10.0. The fraction of sp³-hybridized carbons (Fsp3) is 0.600. The predicted octanol–water partition coefficient (Wildman–Crippen LogP) is 1.93. The molecule has 1 aromatic rings. The lowest BCUT2D eigenvalue weighted by Crippen LogP contribution is -2.37. The highest BCUT2D eigenvalue weighted by molar-refractivity contribution is 7.91. The Morgan fingerprint density at radius 3 is 2.81 bits per heavy atom. The summed E-state index contributed by atoms with van der Waals surface area (Å²) in [4.78, 5) is 2.50. The molecule has 1 unspecified atom stereocenters. The zero-order valence-electron chi connectivity index (χ0n) is 12.7. The Morgan fingerprint density at radius 1 is 1.38 bits per heavy atom. The quantitative estimate of drug-likeness (QED) is 0.841. The van der Waals surface area contributed by atoms with Crippen molar-refractivity contribution in [1.82, 2.24) is 4.90 Å². The van der Waals surface area contributed by atoms with E-state index in [1.54, 1.807) is 12.1 Å². The first-order valence-corrected chi connectivity index (χ1v) is 8.96. The van der Waals surface area contributed by atoms with Gasteiger partial charge in [-0.25, -0.2) is 8.42 Å². The first-order valence-electron chi connectivity index (χ1n) is 7.30. The maximum Gasteiger partial charge on any atom is 0.182 e. The molecular formula is C15H24N2O3S. The molecule has 2 N–H and O–H groups in total. The number of hydrogen-bond donors (Lipinski definition) is 1. The topological polar surface area (TPSA) is 72.6 Å². The highest BCUT2D eigenvalue weighted by Gasteiger charge is 2.24. The monoisotopic (exact) mass is 312 g/mol. The summed E-state index contributed by atoms with van der Waals surface area (Å²) in [5.74, 6) is 0.467. The van der Waals surface area contributed by atoms with Gasteiger partial charge in [0.2, 0.25) is 0 Å². The predicted molar refractivity (Wildman–Crippen MR) is 84.3 cm³/mol. The van der Waals surface area contributed by atoms with Crippen molar-refractivity contribution < 1.29 is 13.2 Å². The molecule has 0 aromatic heterocycles. The van der Waals surface area contributed by atoms with E-state index >= 15 is 0 Å². The molecule has 0 amide bonds. The van der Waals surface area contributed by atoms with Crippen LogP contribution in [0, 0.1) is 0 Å². The molecule has 1 saturated heterocycles. The van der Waals surface area contributed by atoms with Crippen molar-refractivity contribution in [3.8, 4) is 5.75 Å². The number of benzene rings is 1. The van der Waals surface area contributed by atoms with Gasteiger partial charge in [-0.2, -0.15) is 0 Å². The van der Waals surface area contributed by atoms with Crippen molar-refractivity contribution in [2.45, 2.75) is 36.6 Å². The summed E-state index contributed by atoms with van der Waals surface area (Å²) in [5, 5.41) is 0. The molecule has 1 heterocycles. The minimum absolute atomic E-state index is 0.141. The molecular weight excluding hydrogens is 288 g/mol. The van der Waals surface area contributed by atoms with Crippen molar-refractivity contribution in [3.63, 3.8) is 0 Å². The van der Waals surface area contributed by atoms with Gasteiger partial charge in [0.1, 0.15) is 10.6 Å².